The van der Waals surface area contributed by atoms with Crippen molar-refractivity contribution in [3.63, 3.8) is 0 Å². The number of fused-ring (bicyclic) bond motifs is 5. The fourth-order valence-corrected chi connectivity index (χ4v) is 7.46. The van der Waals surface area contributed by atoms with Crippen LogP contribution in [0.4, 0.5) is 0 Å². The Morgan fingerprint density at radius 1 is 0.449 bits per heavy atom. The van der Waals surface area contributed by atoms with Gasteiger partial charge in [0, 0.05) is 34.5 Å². The molecule has 2 aromatic heterocycles. The van der Waals surface area contributed by atoms with E-state index in [0.29, 0.717) is 5.82 Å². The third-order valence-electron chi connectivity index (χ3n) is 9.98. The van der Waals surface area contributed by atoms with Crippen LogP contribution in [0.25, 0.3) is 78.1 Å². The number of nitrogens with zero attached hydrogens (tertiary/aromatic N) is 3. The van der Waals surface area contributed by atoms with Gasteiger partial charge in [0.2, 0.25) is 0 Å². The maximum Gasteiger partial charge on any atom is 0.160 e. The molecule has 3 heteroatoms. The molecule has 1 aliphatic carbocycles. The van der Waals surface area contributed by atoms with Crippen LogP contribution < -0.4 is 0 Å². The average molecular weight is 628 g/mol. The summed E-state index contributed by atoms with van der Waals surface area (Å²) in [6.45, 7) is 4.69. The normalized spacial score (nSPS) is 12.9. The van der Waals surface area contributed by atoms with Gasteiger partial charge < -0.3 is 0 Å². The third-order valence-corrected chi connectivity index (χ3v) is 9.98. The highest BCUT2D eigenvalue weighted by atomic mass is 14.9. The first-order valence-corrected chi connectivity index (χ1v) is 16.8. The first kappa shape index (κ1) is 29.0. The predicted octanol–water partition coefficient (Wildman–Crippen LogP) is 11.7. The Morgan fingerprint density at radius 2 is 1.06 bits per heavy atom. The summed E-state index contributed by atoms with van der Waals surface area (Å²) in [7, 11) is 0. The van der Waals surface area contributed by atoms with Gasteiger partial charge in [-0.3, -0.25) is 4.98 Å². The molecule has 0 radical (unpaired) electrons. The molecule has 0 saturated heterocycles. The van der Waals surface area contributed by atoms with Crippen molar-refractivity contribution in [2.75, 3.05) is 0 Å². The first-order valence-electron chi connectivity index (χ1n) is 16.8. The van der Waals surface area contributed by atoms with Crippen LogP contribution in [0, 0.1) is 0 Å². The SMILES string of the molecule is CC1(C)c2ccc(-c3cc(-c4ccc(-c5cccnc5)cc4)nc(-c4ccc(-c5ccccc5)cc4)n3)cc2-c2ccc3ccccc3c21. The molecule has 232 valence electrons. The molecule has 9 rings (SSSR count). The Balaban J connectivity index is 1.18. The summed E-state index contributed by atoms with van der Waals surface area (Å²) in [6.07, 6.45) is 3.69. The first-order chi connectivity index (χ1) is 24.0. The van der Waals surface area contributed by atoms with Gasteiger partial charge in [-0.2, -0.15) is 0 Å². The lowest BCUT2D eigenvalue weighted by Crippen LogP contribution is -2.15. The maximum absolute atomic E-state index is 5.22. The fraction of sp³-hybridized carbons (Fsp3) is 0.0652. The average Bonchev–Trinajstić information content (AvgIpc) is 3.41. The molecule has 8 aromatic rings. The molecule has 1 aliphatic rings. The van der Waals surface area contributed by atoms with E-state index in [1.165, 1.54) is 44.2 Å². The lowest BCUT2D eigenvalue weighted by Gasteiger charge is -2.23. The molecule has 6 aromatic carbocycles. The molecule has 0 saturated carbocycles. The van der Waals surface area contributed by atoms with Crippen LogP contribution in [0.5, 0.6) is 0 Å². The molecular formula is C46H33N3. The zero-order valence-electron chi connectivity index (χ0n) is 27.4. The zero-order chi connectivity index (χ0) is 33.0. The van der Waals surface area contributed by atoms with E-state index in [9.17, 15) is 0 Å². The summed E-state index contributed by atoms with van der Waals surface area (Å²) in [4.78, 5) is 14.7. The van der Waals surface area contributed by atoms with Crippen LogP contribution in [0.1, 0.15) is 25.0 Å². The predicted molar refractivity (Wildman–Crippen MR) is 202 cm³/mol. The van der Waals surface area contributed by atoms with Crippen LogP contribution in [-0.4, -0.2) is 15.0 Å². The smallest absolute Gasteiger partial charge is 0.160 e. The van der Waals surface area contributed by atoms with Crippen LogP contribution >= 0.6 is 0 Å². The van der Waals surface area contributed by atoms with E-state index in [4.69, 9.17) is 9.97 Å². The van der Waals surface area contributed by atoms with E-state index in [1.807, 2.05) is 18.3 Å². The molecule has 2 heterocycles. The van der Waals surface area contributed by atoms with E-state index in [2.05, 4.69) is 158 Å². The number of pyridine rings is 1. The Hall–Kier alpha value is -6.19. The van der Waals surface area contributed by atoms with Crippen LogP contribution in [0.2, 0.25) is 0 Å². The zero-order valence-corrected chi connectivity index (χ0v) is 27.4. The van der Waals surface area contributed by atoms with Crippen molar-refractivity contribution in [2.45, 2.75) is 19.3 Å². The summed E-state index contributed by atoms with van der Waals surface area (Å²) in [5.74, 6) is 0.704. The van der Waals surface area contributed by atoms with Crippen molar-refractivity contribution in [3.05, 3.63) is 175 Å². The second-order valence-corrected chi connectivity index (χ2v) is 13.3. The third kappa shape index (κ3) is 5.03. The van der Waals surface area contributed by atoms with E-state index < -0.39 is 0 Å². The van der Waals surface area contributed by atoms with Crippen molar-refractivity contribution < 1.29 is 0 Å². The van der Waals surface area contributed by atoms with Crippen molar-refractivity contribution in [3.8, 4) is 67.3 Å². The highest BCUT2D eigenvalue weighted by molar-refractivity contribution is 5.98. The van der Waals surface area contributed by atoms with Gasteiger partial charge in [-0.25, -0.2) is 9.97 Å². The van der Waals surface area contributed by atoms with E-state index in [0.717, 1.165) is 39.2 Å². The summed E-state index contributed by atoms with van der Waals surface area (Å²) in [5.41, 5.74) is 14.7. The second-order valence-electron chi connectivity index (χ2n) is 13.3. The standard InChI is InChI=1S/C46H33N3/c1-46(2)41-25-23-36(27-40(41)39-24-22-33-11-6-7-13-38(33)44(39)46)43-28-42(34-18-14-32(15-19-34)37-12-8-26-47-29-37)48-45(49-43)35-20-16-31(17-21-35)30-9-4-3-5-10-30/h3-29H,1-2H3. The van der Waals surface area contributed by atoms with Gasteiger partial charge in [-0.15, -0.1) is 0 Å². The molecule has 0 fully saturated rings. The molecule has 3 nitrogen and oxygen atoms in total. The second kappa shape index (κ2) is 11.5. The topological polar surface area (TPSA) is 38.7 Å². The summed E-state index contributed by atoms with van der Waals surface area (Å²) in [6, 6.07) is 53.9. The van der Waals surface area contributed by atoms with Crippen molar-refractivity contribution in [2.24, 2.45) is 0 Å². The van der Waals surface area contributed by atoms with Gasteiger partial charge in [0.1, 0.15) is 0 Å². The van der Waals surface area contributed by atoms with E-state index >= 15 is 0 Å². The van der Waals surface area contributed by atoms with Crippen LogP contribution in [0.15, 0.2) is 164 Å². The molecule has 0 atom stereocenters. The monoisotopic (exact) mass is 627 g/mol. The van der Waals surface area contributed by atoms with Gasteiger partial charge in [-0.1, -0.05) is 147 Å². The van der Waals surface area contributed by atoms with Gasteiger partial charge in [0.15, 0.2) is 5.82 Å². The number of rotatable bonds is 5. The quantitative estimate of drug-likeness (QED) is 0.191. The van der Waals surface area contributed by atoms with E-state index in [-0.39, 0.29) is 5.41 Å². The minimum Gasteiger partial charge on any atom is -0.264 e. The van der Waals surface area contributed by atoms with Gasteiger partial charge >= 0.3 is 0 Å². The van der Waals surface area contributed by atoms with Crippen molar-refractivity contribution >= 4 is 10.8 Å². The number of benzene rings is 6. The molecule has 49 heavy (non-hydrogen) atoms. The van der Waals surface area contributed by atoms with Gasteiger partial charge in [0.25, 0.3) is 0 Å². The largest absolute Gasteiger partial charge is 0.264 e. The highest BCUT2D eigenvalue weighted by Gasteiger charge is 2.37. The van der Waals surface area contributed by atoms with Gasteiger partial charge in [0.05, 0.1) is 11.4 Å². The Kier molecular flexibility index (Phi) is 6.80. The molecular weight excluding hydrogens is 595 g/mol. The number of aromatic nitrogens is 3. The summed E-state index contributed by atoms with van der Waals surface area (Å²) < 4.78 is 0. The maximum atomic E-state index is 5.22. The Bertz CT molecular complexity index is 2380. The summed E-state index contributed by atoms with van der Waals surface area (Å²) >= 11 is 0. The van der Waals surface area contributed by atoms with Crippen molar-refractivity contribution in [1.29, 1.82) is 0 Å². The summed E-state index contributed by atoms with van der Waals surface area (Å²) in [5, 5.41) is 2.60. The number of hydrogen-bond acceptors (Lipinski definition) is 3. The minimum atomic E-state index is -0.109. The lowest BCUT2D eigenvalue weighted by molar-refractivity contribution is 0.666. The van der Waals surface area contributed by atoms with E-state index in [1.54, 1.807) is 6.20 Å². The van der Waals surface area contributed by atoms with Crippen molar-refractivity contribution in [1.82, 2.24) is 15.0 Å². The Morgan fingerprint density at radius 3 is 1.82 bits per heavy atom. The molecule has 0 bridgehead atoms. The minimum absolute atomic E-state index is 0.109. The molecule has 0 amide bonds. The van der Waals surface area contributed by atoms with Crippen LogP contribution in [0.3, 0.4) is 0 Å². The highest BCUT2D eigenvalue weighted by Crippen LogP contribution is 2.52. The lowest BCUT2D eigenvalue weighted by atomic mass is 9.80. The van der Waals surface area contributed by atoms with Gasteiger partial charge in [-0.05, 0) is 73.5 Å². The van der Waals surface area contributed by atoms with Crippen LogP contribution in [-0.2, 0) is 5.41 Å². The molecule has 0 unspecified atom stereocenters. The Labute approximate surface area is 286 Å². The fourth-order valence-electron chi connectivity index (χ4n) is 7.46. The molecule has 0 spiro atoms. The molecule has 0 N–H and O–H groups in total. The molecule has 0 aliphatic heterocycles. The number of hydrogen-bond donors (Lipinski definition) is 0.